The van der Waals surface area contributed by atoms with Crippen LogP contribution in [0.3, 0.4) is 0 Å². The van der Waals surface area contributed by atoms with E-state index in [1.165, 1.54) is 0 Å². The number of allylic oxidation sites excluding steroid dienone is 2. The number of nitrogens with zero attached hydrogens (tertiary/aromatic N) is 1. The molecule has 0 rings (SSSR count). The van der Waals surface area contributed by atoms with Crippen molar-refractivity contribution in [3.63, 3.8) is 0 Å². The second-order valence-corrected chi connectivity index (χ2v) is 2.86. The lowest BCUT2D eigenvalue weighted by Gasteiger charge is -2.01. The molecule has 0 aromatic heterocycles. The second-order valence-electron chi connectivity index (χ2n) is 2.86. The Bertz CT molecular complexity index is 157. The summed E-state index contributed by atoms with van der Waals surface area (Å²) in [6.45, 7) is 5.88. The SMILES string of the molecule is CC(N)N=CC=C(N)C(C)C. The molecule has 0 bridgehead atoms. The van der Waals surface area contributed by atoms with Gasteiger partial charge >= 0.3 is 0 Å². The van der Waals surface area contributed by atoms with Crippen LogP contribution >= 0.6 is 0 Å². The van der Waals surface area contributed by atoms with Crippen LogP contribution in [0.15, 0.2) is 16.8 Å². The minimum atomic E-state index is -0.147. The first-order valence-corrected chi connectivity index (χ1v) is 3.78. The Hall–Kier alpha value is -0.830. The molecular weight excluding hydrogens is 138 g/mol. The molecule has 0 fully saturated rings. The lowest BCUT2D eigenvalue weighted by molar-refractivity contribution is 0.757. The van der Waals surface area contributed by atoms with Crippen LogP contribution in [0.4, 0.5) is 0 Å². The largest absolute Gasteiger partial charge is 0.402 e. The molecule has 0 heterocycles. The molecule has 0 amide bonds. The first kappa shape index (κ1) is 10.2. The second kappa shape index (κ2) is 4.91. The van der Waals surface area contributed by atoms with Crippen LogP contribution in [0.2, 0.25) is 0 Å². The van der Waals surface area contributed by atoms with Gasteiger partial charge in [-0.25, -0.2) is 0 Å². The summed E-state index contributed by atoms with van der Waals surface area (Å²) in [6, 6.07) is 0. The van der Waals surface area contributed by atoms with Gasteiger partial charge in [0.1, 0.15) is 0 Å². The Balaban J connectivity index is 3.91. The fourth-order valence-corrected chi connectivity index (χ4v) is 0.457. The van der Waals surface area contributed by atoms with Gasteiger partial charge in [-0.05, 0) is 18.9 Å². The molecule has 0 saturated carbocycles. The van der Waals surface area contributed by atoms with E-state index in [-0.39, 0.29) is 6.17 Å². The normalized spacial score (nSPS) is 16.3. The summed E-state index contributed by atoms with van der Waals surface area (Å²) in [5.74, 6) is 0.370. The van der Waals surface area contributed by atoms with Crippen molar-refractivity contribution in [3.8, 4) is 0 Å². The fraction of sp³-hybridized carbons (Fsp3) is 0.625. The van der Waals surface area contributed by atoms with Crippen LogP contribution in [0, 0.1) is 5.92 Å². The quantitative estimate of drug-likeness (QED) is 0.594. The van der Waals surface area contributed by atoms with Gasteiger partial charge < -0.3 is 11.5 Å². The maximum atomic E-state index is 5.63. The number of nitrogens with two attached hydrogens (primary N) is 2. The van der Waals surface area contributed by atoms with Crippen molar-refractivity contribution in [2.24, 2.45) is 22.4 Å². The van der Waals surface area contributed by atoms with Gasteiger partial charge in [0.2, 0.25) is 0 Å². The van der Waals surface area contributed by atoms with Gasteiger partial charge in [0, 0.05) is 11.9 Å². The van der Waals surface area contributed by atoms with E-state index in [1.807, 2.05) is 20.8 Å². The topological polar surface area (TPSA) is 64.4 Å². The predicted octanol–water partition coefficient (Wildman–Crippen LogP) is 0.860. The minimum Gasteiger partial charge on any atom is -0.402 e. The van der Waals surface area contributed by atoms with Crippen molar-refractivity contribution in [2.75, 3.05) is 0 Å². The van der Waals surface area contributed by atoms with Crippen molar-refractivity contribution < 1.29 is 0 Å². The van der Waals surface area contributed by atoms with E-state index in [1.54, 1.807) is 12.3 Å². The first-order valence-electron chi connectivity index (χ1n) is 3.78. The average Bonchev–Trinajstić information content (AvgIpc) is 1.86. The van der Waals surface area contributed by atoms with Crippen LogP contribution < -0.4 is 11.5 Å². The van der Waals surface area contributed by atoms with Gasteiger partial charge in [-0.2, -0.15) is 0 Å². The number of aliphatic imine (C=N–C) groups is 1. The molecule has 0 aromatic rings. The molecule has 3 nitrogen and oxygen atoms in total. The molecule has 0 aliphatic rings. The van der Waals surface area contributed by atoms with Gasteiger partial charge in [-0.15, -0.1) is 0 Å². The molecule has 1 atom stereocenters. The van der Waals surface area contributed by atoms with Crippen LogP contribution in [-0.2, 0) is 0 Å². The summed E-state index contributed by atoms with van der Waals surface area (Å²) in [5, 5.41) is 0. The van der Waals surface area contributed by atoms with E-state index in [2.05, 4.69) is 4.99 Å². The highest BCUT2D eigenvalue weighted by atomic mass is 14.9. The highest BCUT2D eigenvalue weighted by molar-refractivity contribution is 5.72. The molecular formula is C8H17N3. The summed E-state index contributed by atoms with van der Waals surface area (Å²) in [6.07, 6.45) is 3.29. The van der Waals surface area contributed by atoms with Crippen LogP contribution in [0.5, 0.6) is 0 Å². The third-order valence-corrected chi connectivity index (χ3v) is 1.25. The zero-order chi connectivity index (χ0) is 8.85. The molecule has 3 heteroatoms. The number of rotatable bonds is 3. The third-order valence-electron chi connectivity index (χ3n) is 1.25. The summed E-state index contributed by atoms with van der Waals surface area (Å²) in [4.78, 5) is 3.94. The van der Waals surface area contributed by atoms with Crippen molar-refractivity contribution in [1.82, 2.24) is 0 Å². The smallest absolute Gasteiger partial charge is 0.0940 e. The monoisotopic (exact) mass is 155 g/mol. The van der Waals surface area contributed by atoms with Gasteiger partial charge in [0.25, 0.3) is 0 Å². The van der Waals surface area contributed by atoms with Crippen molar-refractivity contribution >= 4 is 6.21 Å². The van der Waals surface area contributed by atoms with Crippen molar-refractivity contribution in [2.45, 2.75) is 26.9 Å². The van der Waals surface area contributed by atoms with Gasteiger partial charge in [0.05, 0.1) is 6.17 Å². The summed E-state index contributed by atoms with van der Waals surface area (Å²) < 4.78 is 0. The predicted molar refractivity (Wildman–Crippen MR) is 49.2 cm³/mol. The molecule has 0 aliphatic carbocycles. The van der Waals surface area contributed by atoms with E-state index in [0.29, 0.717) is 5.92 Å². The number of hydrogen-bond donors (Lipinski definition) is 2. The molecule has 1 unspecified atom stereocenters. The zero-order valence-electron chi connectivity index (χ0n) is 7.41. The first-order chi connectivity index (χ1) is 5.04. The van der Waals surface area contributed by atoms with Gasteiger partial charge in [-0.1, -0.05) is 13.8 Å². The Morgan fingerprint density at radius 1 is 1.36 bits per heavy atom. The third kappa shape index (κ3) is 5.61. The maximum absolute atomic E-state index is 5.63. The van der Waals surface area contributed by atoms with Crippen molar-refractivity contribution in [1.29, 1.82) is 0 Å². The molecule has 0 radical (unpaired) electrons. The average molecular weight is 155 g/mol. The molecule has 0 saturated heterocycles. The lowest BCUT2D eigenvalue weighted by Crippen LogP contribution is -2.11. The van der Waals surface area contributed by atoms with Crippen LogP contribution in [0.1, 0.15) is 20.8 Å². The molecule has 4 N–H and O–H groups in total. The highest BCUT2D eigenvalue weighted by Crippen LogP contribution is 1.99. The molecule has 0 spiro atoms. The molecule has 11 heavy (non-hydrogen) atoms. The maximum Gasteiger partial charge on any atom is 0.0940 e. The number of hydrogen-bond acceptors (Lipinski definition) is 3. The van der Waals surface area contributed by atoms with E-state index in [0.717, 1.165) is 5.70 Å². The lowest BCUT2D eigenvalue weighted by atomic mass is 10.1. The van der Waals surface area contributed by atoms with Crippen molar-refractivity contribution in [3.05, 3.63) is 11.8 Å². The Morgan fingerprint density at radius 3 is 2.27 bits per heavy atom. The molecule has 64 valence electrons. The van der Waals surface area contributed by atoms with E-state index in [4.69, 9.17) is 11.5 Å². The summed E-state index contributed by atoms with van der Waals surface area (Å²) in [5.41, 5.74) is 11.8. The minimum absolute atomic E-state index is 0.147. The van der Waals surface area contributed by atoms with E-state index < -0.39 is 0 Å². The standard InChI is InChI=1S/C8H17N3/c1-6(2)8(10)4-5-11-7(3)9/h4-7H,9-10H2,1-3H3. The Labute approximate surface area is 68.2 Å². The van der Waals surface area contributed by atoms with Crippen LogP contribution in [0.25, 0.3) is 0 Å². The molecule has 0 aromatic carbocycles. The Morgan fingerprint density at radius 2 is 1.91 bits per heavy atom. The van der Waals surface area contributed by atoms with Gasteiger partial charge in [-0.3, -0.25) is 4.99 Å². The highest BCUT2D eigenvalue weighted by Gasteiger charge is 1.93. The van der Waals surface area contributed by atoms with E-state index >= 15 is 0 Å². The summed E-state index contributed by atoms with van der Waals surface area (Å²) >= 11 is 0. The zero-order valence-corrected chi connectivity index (χ0v) is 7.41. The molecule has 0 aliphatic heterocycles. The summed E-state index contributed by atoms with van der Waals surface area (Å²) in [7, 11) is 0. The van der Waals surface area contributed by atoms with Gasteiger partial charge in [0.15, 0.2) is 0 Å². The van der Waals surface area contributed by atoms with Crippen LogP contribution in [-0.4, -0.2) is 12.4 Å². The van der Waals surface area contributed by atoms with E-state index in [9.17, 15) is 0 Å². The fourth-order valence-electron chi connectivity index (χ4n) is 0.457. The Kier molecular flexibility index (Phi) is 4.54.